The summed E-state index contributed by atoms with van der Waals surface area (Å²) in [6.07, 6.45) is 3.32. The van der Waals surface area contributed by atoms with Crippen molar-refractivity contribution in [2.75, 3.05) is 0 Å². The lowest BCUT2D eigenvalue weighted by Gasteiger charge is -2.04. The molecule has 2 aromatic heterocycles. The molecule has 0 fully saturated rings. The summed E-state index contributed by atoms with van der Waals surface area (Å²) in [5.74, 6) is 0.179. The second kappa shape index (κ2) is 4.53. The van der Waals surface area contributed by atoms with Crippen LogP contribution in [0, 0.1) is 5.82 Å². The van der Waals surface area contributed by atoms with Crippen LogP contribution >= 0.6 is 11.6 Å². The van der Waals surface area contributed by atoms with E-state index in [1.807, 2.05) is 6.92 Å². The molecule has 82 valence electrons. The van der Waals surface area contributed by atoms with Crippen molar-refractivity contribution in [1.29, 1.82) is 0 Å². The van der Waals surface area contributed by atoms with Crippen LogP contribution in [0.5, 0.6) is 0 Å². The van der Waals surface area contributed by atoms with Gasteiger partial charge < -0.3 is 0 Å². The molecular formula is C11H9ClFN3. The van der Waals surface area contributed by atoms with Crippen LogP contribution in [0.15, 0.2) is 24.5 Å². The standard InChI is InChI=1S/C11H9ClFN3/c1-2-11-15-9(5-10(12)16-11)7-3-4-14-6-8(7)13/h3-6H,2H2,1H3. The van der Waals surface area contributed by atoms with Crippen LogP contribution < -0.4 is 0 Å². The molecule has 0 spiro atoms. The Bertz CT molecular complexity index is 516. The molecule has 2 rings (SSSR count). The maximum atomic E-state index is 13.5. The van der Waals surface area contributed by atoms with Crippen LogP contribution in [0.3, 0.4) is 0 Å². The van der Waals surface area contributed by atoms with Gasteiger partial charge in [0.15, 0.2) is 5.82 Å². The number of rotatable bonds is 2. The summed E-state index contributed by atoms with van der Waals surface area (Å²) in [4.78, 5) is 11.9. The summed E-state index contributed by atoms with van der Waals surface area (Å²) in [5.41, 5.74) is 0.866. The number of aryl methyl sites for hydroxylation is 1. The Hall–Kier alpha value is -1.55. The van der Waals surface area contributed by atoms with Crippen molar-refractivity contribution in [1.82, 2.24) is 15.0 Å². The van der Waals surface area contributed by atoms with Crippen LogP contribution in [0.4, 0.5) is 4.39 Å². The molecule has 0 saturated carbocycles. The SMILES string of the molecule is CCc1nc(Cl)cc(-c2ccncc2F)n1. The van der Waals surface area contributed by atoms with E-state index in [0.717, 1.165) is 6.20 Å². The van der Waals surface area contributed by atoms with Crippen molar-refractivity contribution in [2.45, 2.75) is 13.3 Å². The second-order valence-corrected chi connectivity index (χ2v) is 3.59. The number of hydrogen-bond acceptors (Lipinski definition) is 3. The molecular weight excluding hydrogens is 229 g/mol. The average Bonchev–Trinajstić information content (AvgIpc) is 2.28. The minimum absolute atomic E-state index is 0.318. The highest BCUT2D eigenvalue weighted by Crippen LogP contribution is 2.22. The lowest BCUT2D eigenvalue weighted by atomic mass is 10.2. The molecule has 0 amide bonds. The molecule has 0 aliphatic carbocycles. The van der Waals surface area contributed by atoms with Crippen LogP contribution in [0.2, 0.25) is 5.15 Å². The predicted octanol–water partition coefficient (Wildman–Crippen LogP) is 2.89. The Morgan fingerprint density at radius 2 is 2.19 bits per heavy atom. The van der Waals surface area contributed by atoms with Gasteiger partial charge in [-0.15, -0.1) is 0 Å². The van der Waals surface area contributed by atoms with E-state index in [4.69, 9.17) is 11.6 Å². The molecule has 16 heavy (non-hydrogen) atoms. The highest BCUT2D eigenvalue weighted by atomic mass is 35.5. The second-order valence-electron chi connectivity index (χ2n) is 3.20. The zero-order chi connectivity index (χ0) is 11.5. The van der Waals surface area contributed by atoms with E-state index in [9.17, 15) is 4.39 Å². The van der Waals surface area contributed by atoms with Crippen LogP contribution in [-0.2, 0) is 6.42 Å². The van der Waals surface area contributed by atoms with Gasteiger partial charge in [0.1, 0.15) is 11.0 Å². The topological polar surface area (TPSA) is 38.7 Å². The molecule has 0 bridgehead atoms. The third-order valence-corrected chi connectivity index (χ3v) is 2.30. The van der Waals surface area contributed by atoms with Crippen LogP contribution in [0.1, 0.15) is 12.7 Å². The van der Waals surface area contributed by atoms with Crippen molar-refractivity contribution in [3.05, 3.63) is 41.3 Å². The molecule has 2 heterocycles. The first kappa shape index (κ1) is 11.0. The summed E-state index contributed by atoms with van der Waals surface area (Å²) in [6.45, 7) is 1.92. The quantitative estimate of drug-likeness (QED) is 0.754. The molecule has 0 unspecified atom stereocenters. The van der Waals surface area contributed by atoms with Gasteiger partial charge in [-0.1, -0.05) is 18.5 Å². The van der Waals surface area contributed by atoms with Gasteiger partial charge in [-0.2, -0.15) is 0 Å². The molecule has 2 aromatic rings. The smallest absolute Gasteiger partial charge is 0.150 e. The van der Waals surface area contributed by atoms with Gasteiger partial charge in [0, 0.05) is 24.2 Å². The Labute approximate surface area is 97.3 Å². The Morgan fingerprint density at radius 1 is 1.38 bits per heavy atom. The van der Waals surface area contributed by atoms with Gasteiger partial charge in [0.2, 0.25) is 0 Å². The van der Waals surface area contributed by atoms with Crippen molar-refractivity contribution in [2.24, 2.45) is 0 Å². The zero-order valence-electron chi connectivity index (χ0n) is 8.61. The predicted molar refractivity (Wildman–Crippen MR) is 59.6 cm³/mol. The lowest BCUT2D eigenvalue weighted by molar-refractivity contribution is 0.624. The first-order chi connectivity index (χ1) is 7.70. The van der Waals surface area contributed by atoms with E-state index in [0.29, 0.717) is 28.7 Å². The summed E-state index contributed by atoms with van der Waals surface area (Å²) < 4.78 is 13.5. The minimum atomic E-state index is -0.417. The maximum absolute atomic E-state index is 13.5. The molecule has 0 atom stereocenters. The molecule has 0 N–H and O–H groups in total. The fourth-order valence-corrected chi connectivity index (χ4v) is 1.54. The van der Waals surface area contributed by atoms with Gasteiger partial charge in [0.05, 0.1) is 11.9 Å². The fraction of sp³-hybridized carbons (Fsp3) is 0.182. The highest BCUT2D eigenvalue weighted by Gasteiger charge is 2.08. The van der Waals surface area contributed by atoms with Gasteiger partial charge in [0.25, 0.3) is 0 Å². The number of nitrogens with zero attached hydrogens (tertiary/aromatic N) is 3. The maximum Gasteiger partial charge on any atom is 0.150 e. The Balaban J connectivity index is 2.56. The molecule has 0 aliphatic rings. The van der Waals surface area contributed by atoms with E-state index in [1.165, 1.54) is 6.20 Å². The molecule has 0 radical (unpaired) electrons. The summed E-state index contributed by atoms with van der Waals surface area (Å²) in [6, 6.07) is 3.10. The van der Waals surface area contributed by atoms with Crippen molar-refractivity contribution in [3.8, 4) is 11.3 Å². The van der Waals surface area contributed by atoms with Gasteiger partial charge >= 0.3 is 0 Å². The van der Waals surface area contributed by atoms with Crippen molar-refractivity contribution < 1.29 is 4.39 Å². The van der Waals surface area contributed by atoms with Gasteiger partial charge in [-0.25, -0.2) is 14.4 Å². The zero-order valence-corrected chi connectivity index (χ0v) is 9.37. The van der Waals surface area contributed by atoms with Gasteiger partial charge in [-0.3, -0.25) is 4.98 Å². The van der Waals surface area contributed by atoms with Crippen molar-refractivity contribution in [3.63, 3.8) is 0 Å². The van der Waals surface area contributed by atoms with Crippen LogP contribution in [-0.4, -0.2) is 15.0 Å². The monoisotopic (exact) mass is 237 g/mol. The number of halogens is 2. The molecule has 3 nitrogen and oxygen atoms in total. The Morgan fingerprint density at radius 3 is 2.88 bits per heavy atom. The van der Waals surface area contributed by atoms with E-state index in [-0.39, 0.29) is 0 Å². The lowest BCUT2D eigenvalue weighted by Crippen LogP contribution is -1.97. The van der Waals surface area contributed by atoms with E-state index >= 15 is 0 Å². The summed E-state index contributed by atoms with van der Waals surface area (Å²) in [5, 5.41) is 0.318. The summed E-state index contributed by atoms with van der Waals surface area (Å²) in [7, 11) is 0. The molecule has 0 saturated heterocycles. The Kier molecular flexibility index (Phi) is 3.10. The van der Waals surface area contributed by atoms with E-state index in [1.54, 1.807) is 12.1 Å². The average molecular weight is 238 g/mol. The third-order valence-electron chi connectivity index (χ3n) is 2.11. The molecule has 0 aromatic carbocycles. The van der Waals surface area contributed by atoms with E-state index in [2.05, 4.69) is 15.0 Å². The highest BCUT2D eigenvalue weighted by molar-refractivity contribution is 6.29. The fourth-order valence-electron chi connectivity index (χ4n) is 1.34. The summed E-state index contributed by atoms with van der Waals surface area (Å²) >= 11 is 5.84. The first-order valence-corrected chi connectivity index (χ1v) is 5.22. The molecule has 5 heteroatoms. The first-order valence-electron chi connectivity index (χ1n) is 4.84. The normalized spacial score (nSPS) is 10.4. The number of aromatic nitrogens is 3. The van der Waals surface area contributed by atoms with Gasteiger partial charge in [-0.05, 0) is 6.07 Å². The minimum Gasteiger partial charge on any atom is -0.262 e. The largest absolute Gasteiger partial charge is 0.262 e. The third kappa shape index (κ3) is 2.17. The number of pyridine rings is 1. The molecule has 0 aliphatic heterocycles. The van der Waals surface area contributed by atoms with E-state index < -0.39 is 5.82 Å². The number of hydrogen-bond donors (Lipinski definition) is 0. The van der Waals surface area contributed by atoms with Crippen molar-refractivity contribution >= 4 is 11.6 Å². The van der Waals surface area contributed by atoms with Crippen LogP contribution in [0.25, 0.3) is 11.3 Å².